The lowest BCUT2D eigenvalue weighted by atomic mass is 10.1. The van der Waals surface area contributed by atoms with Gasteiger partial charge in [-0.1, -0.05) is 36.1 Å². The molecule has 0 aliphatic heterocycles. The molecule has 0 radical (unpaired) electrons. The van der Waals surface area contributed by atoms with E-state index < -0.39 is 0 Å². The van der Waals surface area contributed by atoms with Crippen LogP contribution in [0.5, 0.6) is 0 Å². The summed E-state index contributed by atoms with van der Waals surface area (Å²) in [7, 11) is 1.84. The zero-order chi connectivity index (χ0) is 16.1. The van der Waals surface area contributed by atoms with E-state index in [2.05, 4.69) is 17.2 Å². The molecule has 0 aromatic heterocycles. The van der Waals surface area contributed by atoms with Crippen molar-refractivity contribution in [3.05, 3.63) is 65.7 Å². The second-order valence-corrected chi connectivity index (χ2v) is 5.95. The average Bonchev–Trinajstić information content (AvgIpc) is 3.38. The van der Waals surface area contributed by atoms with Gasteiger partial charge in [-0.3, -0.25) is 0 Å². The molecule has 2 aromatic rings. The number of urea groups is 1. The number of carbonyl (C=O) groups is 1. The molecule has 0 unspecified atom stereocenters. The van der Waals surface area contributed by atoms with Gasteiger partial charge in [-0.05, 0) is 49.1 Å². The summed E-state index contributed by atoms with van der Waals surface area (Å²) < 4.78 is 0. The van der Waals surface area contributed by atoms with Crippen LogP contribution < -0.4 is 5.32 Å². The number of nitrogens with zero attached hydrogens (tertiary/aromatic N) is 1. The number of rotatable bonds is 3. The highest BCUT2D eigenvalue weighted by atomic mass is 16.2. The molecule has 0 saturated heterocycles. The Hall–Kier alpha value is -2.73. The normalized spacial score (nSPS) is 12.9. The summed E-state index contributed by atoms with van der Waals surface area (Å²) in [6.07, 6.45) is 2.48. The lowest BCUT2D eigenvalue weighted by Gasteiger charge is -2.17. The zero-order valence-corrected chi connectivity index (χ0v) is 13.3. The third-order valence-corrected chi connectivity index (χ3v) is 3.81. The summed E-state index contributed by atoms with van der Waals surface area (Å²) in [5, 5.41) is 2.93. The van der Waals surface area contributed by atoms with Gasteiger partial charge in [0, 0.05) is 30.4 Å². The van der Waals surface area contributed by atoms with Crippen molar-refractivity contribution in [1.82, 2.24) is 4.90 Å². The van der Waals surface area contributed by atoms with E-state index in [0.717, 1.165) is 23.4 Å². The molecule has 1 fully saturated rings. The van der Waals surface area contributed by atoms with Gasteiger partial charge in [0.05, 0.1) is 0 Å². The van der Waals surface area contributed by atoms with Crippen molar-refractivity contribution in [2.45, 2.75) is 12.8 Å². The molecule has 1 aliphatic carbocycles. The second kappa shape index (κ2) is 7.02. The zero-order valence-electron chi connectivity index (χ0n) is 13.3. The quantitative estimate of drug-likeness (QED) is 0.855. The molecule has 0 heterocycles. The van der Waals surface area contributed by atoms with Gasteiger partial charge in [0.25, 0.3) is 0 Å². The molecule has 116 valence electrons. The molecular weight excluding hydrogens is 284 g/mol. The SMILES string of the molecule is CN(CC1CC1)C(=O)Nc1cccc(C#Cc2ccccc2)c1. The molecule has 1 N–H and O–H groups in total. The van der Waals surface area contributed by atoms with E-state index in [-0.39, 0.29) is 6.03 Å². The van der Waals surface area contributed by atoms with E-state index in [0.29, 0.717) is 5.92 Å². The minimum Gasteiger partial charge on any atom is -0.327 e. The number of anilines is 1. The number of amides is 2. The predicted octanol–water partition coefficient (Wildman–Crippen LogP) is 3.96. The van der Waals surface area contributed by atoms with Crippen molar-refractivity contribution < 1.29 is 4.79 Å². The highest BCUT2D eigenvalue weighted by Gasteiger charge is 2.24. The van der Waals surface area contributed by atoms with Crippen LogP contribution in [0.15, 0.2) is 54.6 Å². The molecule has 1 saturated carbocycles. The van der Waals surface area contributed by atoms with Crippen LogP contribution in [0.1, 0.15) is 24.0 Å². The minimum absolute atomic E-state index is 0.0648. The molecule has 0 spiro atoms. The first kappa shape index (κ1) is 15.2. The largest absolute Gasteiger partial charge is 0.327 e. The van der Waals surface area contributed by atoms with E-state index in [1.807, 2.05) is 61.6 Å². The topological polar surface area (TPSA) is 32.3 Å². The smallest absolute Gasteiger partial charge is 0.321 e. The van der Waals surface area contributed by atoms with Crippen LogP contribution in [0.3, 0.4) is 0 Å². The summed E-state index contributed by atoms with van der Waals surface area (Å²) >= 11 is 0. The van der Waals surface area contributed by atoms with Gasteiger partial charge in [-0.15, -0.1) is 0 Å². The van der Waals surface area contributed by atoms with E-state index in [1.54, 1.807) is 4.90 Å². The van der Waals surface area contributed by atoms with Crippen molar-refractivity contribution in [3.8, 4) is 11.8 Å². The molecule has 3 heteroatoms. The Morgan fingerprint density at radius 1 is 1.09 bits per heavy atom. The number of nitrogens with one attached hydrogen (secondary N) is 1. The Bertz CT molecular complexity index is 739. The Balaban J connectivity index is 1.65. The molecule has 1 aliphatic rings. The summed E-state index contributed by atoms with van der Waals surface area (Å²) in [4.78, 5) is 13.9. The van der Waals surface area contributed by atoms with E-state index in [9.17, 15) is 4.79 Å². The van der Waals surface area contributed by atoms with Crippen LogP contribution in [0.4, 0.5) is 10.5 Å². The van der Waals surface area contributed by atoms with Gasteiger partial charge in [-0.25, -0.2) is 4.79 Å². The fraction of sp³-hybridized carbons (Fsp3) is 0.250. The molecule has 3 rings (SSSR count). The fourth-order valence-electron chi connectivity index (χ4n) is 2.33. The fourth-order valence-corrected chi connectivity index (χ4v) is 2.33. The maximum absolute atomic E-state index is 12.1. The van der Waals surface area contributed by atoms with Gasteiger partial charge in [0.15, 0.2) is 0 Å². The van der Waals surface area contributed by atoms with Crippen molar-refractivity contribution in [1.29, 1.82) is 0 Å². The van der Waals surface area contributed by atoms with Crippen LogP contribution in [0.2, 0.25) is 0 Å². The number of carbonyl (C=O) groups excluding carboxylic acids is 1. The van der Waals surface area contributed by atoms with Gasteiger partial charge in [-0.2, -0.15) is 0 Å². The molecule has 3 nitrogen and oxygen atoms in total. The van der Waals surface area contributed by atoms with Gasteiger partial charge < -0.3 is 10.2 Å². The molecule has 0 atom stereocenters. The highest BCUT2D eigenvalue weighted by Crippen LogP contribution is 2.29. The van der Waals surface area contributed by atoms with Crippen LogP contribution >= 0.6 is 0 Å². The van der Waals surface area contributed by atoms with Crippen molar-refractivity contribution in [2.24, 2.45) is 5.92 Å². The maximum atomic E-state index is 12.1. The third kappa shape index (κ3) is 4.62. The van der Waals surface area contributed by atoms with Gasteiger partial charge in [0.2, 0.25) is 0 Å². The van der Waals surface area contributed by atoms with Gasteiger partial charge in [0.1, 0.15) is 0 Å². The Labute approximate surface area is 137 Å². The predicted molar refractivity (Wildman–Crippen MR) is 93.2 cm³/mol. The first-order valence-electron chi connectivity index (χ1n) is 7.90. The second-order valence-electron chi connectivity index (χ2n) is 5.95. The molecule has 0 bridgehead atoms. The standard InChI is InChI=1S/C20H20N2O/c1-22(15-18-12-13-18)20(23)21-19-9-5-8-17(14-19)11-10-16-6-3-2-4-7-16/h2-9,14,18H,12-13,15H2,1H3,(H,21,23). The number of benzene rings is 2. The molecule has 23 heavy (non-hydrogen) atoms. The summed E-state index contributed by atoms with van der Waals surface area (Å²) in [5.41, 5.74) is 2.64. The van der Waals surface area contributed by atoms with Crippen LogP contribution in [0, 0.1) is 17.8 Å². The van der Waals surface area contributed by atoms with Crippen LogP contribution in [-0.2, 0) is 0 Å². The first-order chi connectivity index (χ1) is 11.2. The van der Waals surface area contributed by atoms with Crippen molar-refractivity contribution in [2.75, 3.05) is 18.9 Å². The van der Waals surface area contributed by atoms with E-state index in [1.165, 1.54) is 12.8 Å². The molecule has 2 aromatic carbocycles. The van der Waals surface area contributed by atoms with Crippen LogP contribution in [-0.4, -0.2) is 24.5 Å². The number of hydrogen-bond donors (Lipinski definition) is 1. The Morgan fingerprint density at radius 2 is 1.78 bits per heavy atom. The molecular formula is C20H20N2O. The first-order valence-corrected chi connectivity index (χ1v) is 7.90. The van der Waals surface area contributed by atoms with Crippen molar-refractivity contribution >= 4 is 11.7 Å². The van der Waals surface area contributed by atoms with E-state index in [4.69, 9.17) is 0 Å². The summed E-state index contributed by atoms with van der Waals surface area (Å²) in [5.74, 6) is 6.95. The maximum Gasteiger partial charge on any atom is 0.321 e. The summed E-state index contributed by atoms with van der Waals surface area (Å²) in [6, 6.07) is 17.4. The van der Waals surface area contributed by atoms with E-state index >= 15 is 0 Å². The lowest BCUT2D eigenvalue weighted by molar-refractivity contribution is 0.220. The van der Waals surface area contributed by atoms with Crippen molar-refractivity contribution in [3.63, 3.8) is 0 Å². The monoisotopic (exact) mass is 304 g/mol. The minimum atomic E-state index is -0.0648. The van der Waals surface area contributed by atoms with Gasteiger partial charge >= 0.3 is 6.03 Å². The molecule has 2 amide bonds. The average molecular weight is 304 g/mol. The lowest BCUT2D eigenvalue weighted by Crippen LogP contribution is -2.32. The highest BCUT2D eigenvalue weighted by molar-refractivity contribution is 5.89. The van der Waals surface area contributed by atoms with Crippen LogP contribution in [0.25, 0.3) is 0 Å². The summed E-state index contributed by atoms with van der Waals surface area (Å²) in [6.45, 7) is 0.833. The third-order valence-electron chi connectivity index (χ3n) is 3.81. The Kier molecular flexibility index (Phi) is 4.63. The number of hydrogen-bond acceptors (Lipinski definition) is 1. The Morgan fingerprint density at radius 3 is 2.52 bits per heavy atom.